The van der Waals surface area contributed by atoms with E-state index in [1.807, 2.05) is 49.4 Å². The lowest BCUT2D eigenvalue weighted by Gasteiger charge is -2.15. The second-order valence-corrected chi connectivity index (χ2v) is 5.91. The van der Waals surface area contributed by atoms with Crippen molar-refractivity contribution in [2.75, 3.05) is 19.5 Å². The molecule has 26 heavy (non-hydrogen) atoms. The maximum atomic E-state index is 13.0. The maximum absolute atomic E-state index is 13.0. The largest absolute Gasteiger partial charge is 0.496 e. The van der Waals surface area contributed by atoms with Crippen molar-refractivity contribution in [3.8, 4) is 22.6 Å². The summed E-state index contributed by atoms with van der Waals surface area (Å²) in [7, 11) is 3.07. The lowest BCUT2D eigenvalue weighted by molar-refractivity contribution is 0.102. The second kappa shape index (κ2) is 7.74. The van der Waals surface area contributed by atoms with Crippen LogP contribution >= 0.6 is 0 Å². The summed E-state index contributed by atoms with van der Waals surface area (Å²) in [6.45, 7) is 2.03. The van der Waals surface area contributed by atoms with Crippen molar-refractivity contribution in [3.63, 3.8) is 0 Å². The van der Waals surface area contributed by atoms with Gasteiger partial charge in [-0.2, -0.15) is 0 Å². The molecule has 0 aliphatic heterocycles. The summed E-state index contributed by atoms with van der Waals surface area (Å²) in [5.74, 6) is 0.658. The zero-order chi connectivity index (χ0) is 18.5. The number of anilines is 1. The molecule has 1 amide bonds. The summed E-state index contributed by atoms with van der Waals surface area (Å²) in [5.41, 5.74) is 4.24. The molecule has 0 radical (unpaired) electrons. The van der Waals surface area contributed by atoms with E-state index in [0.29, 0.717) is 17.1 Å². The van der Waals surface area contributed by atoms with Crippen LogP contribution in [0.1, 0.15) is 15.9 Å². The number of hydrogen-bond acceptors (Lipinski definition) is 3. The Balaban J connectivity index is 2.02. The zero-order valence-electron chi connectivity index (χ0n) is 15.1. The molecule has 0 unspecified atom stereocenters. The average Bonchev–Trinajstić information content (AvgIpc) is 2.69. The van der Waals surface area contributed by atoms with E-state index in [-0.39, 0.29) is 5.91 Å². The number of methoxy groups -OCH3 is 2. The molecule has 0 fully saturated rings. The van der Waals surface area contributed by atoms with Crippen LogP contribution in [0.4, 0.5) is 5.69 Å². The van der Waals surface area contributed by atoms with Crippen LogP contribution in [0.5, 0.6) is 11.5 Å². The molecule has 4 heteroatoms. The molecule has 3 rings (SSSR count). The SMILES string of the molecule is COc1cccc(OC)c1C(=O)Nc1ccc(C)cc1-c1ccccc1. The van der Waals surface area contributed by atoms with Gasteiger partial charge in [-0.05, 0) is 36.8 Å². The molecule has 0 atom stereocenters. The van der Waals surface area contributed by atoms with E-state index in [2.05, 4.69) is 11.4 Å². The molecule has 132 valence electrons. The Morgan fingerprint density at radius 1 is 0.846 bits per heavy atom. The molecule has 3 aromatic rings. The van der Waals surface area contributed by atoms with Gasteiger partial charge < -0.3 is 14.8 Å². The van der Waals surface area contributed by atoms with Gasteiger partial charge >= 0.3 is 0 Å². The first kappa shape index (κ1) is 17.5. The number of nitrogens with one attached hydrogen (secondary N) is 1. The Hall–Kier alpha value is -3.27. The normalized spacial score (nSPS) is 10.3. The molecule has 0 aromatic heterocycles. The van der Waals surface area contributed by atoms with Gasteiger partial charge in [0.2, 0.25) is 0 Å². The van der Waals surface area contributed by atoms with Crippen LogP contribution in [0.25, 0.3) is 11.1 Å². The van der Waals surface area contributed by atoms with Crippen LogP contribution in [0.15, 0.2) is 66.7 Å². The zero-order valence-corrected chi connectivity index (χ0v) is 15.1. The van der Waals surface area contributed by atoms with Gasteiger partial charge in [-0.25, -0.2) is 0 Å². The van der Waals surface area contributed by atoms with E-state index in [1.54, 1.807) is 18.2 Å². The summed E-state index contributed by atoms with van der Waals surface area (Å²) in [5, 5.41) is 3.00. The Labute approximate surface area is 153 Å². The van der Waals surface area contributed by atoms with E-state index in [1.165, 1.54) is 14.2 Å². The van der Waals surface area contributed by atoms with Gasteiger partial charge in [-0.3, -0.25) is 4.79 Å². The Kier molecular flexibility index (Phi) is 5.23. The summed E-state index contributed by atoms with van der Waals surface area (Å²) >= 11 is 0. The lowest BCUT2D eigenvalue weighted by Crippen LogP contribution is -2.15. The van der Waals surface area contributed by atoms with Gasteiger partial charge in [-0.1, -0.05) is 48.0 Å². The van der Waals surface area contributed by atoms with Crippen molar-refractivity contribution < 1.29 is 14.3 Å². The fraction of sp³-hybridized carbons (Fsp3) is 0.136. The number of rotatable bonds is 5. The van der Waals surface area contributed by atoms with Gasteiger partial charge in [0.1, 0.15) is 17.1 Å². The molecule has 0 heterocycles. The first-order valence-electron chi connectivity index (χ1n) is 8.32. The number of ether oxygens (including phenoxy) is 2. The van der Waals surface area contributed by atoms with Crippen LogP contribution in [-0.4, -0.2) is 20.1 Å². The molecule has 0 saturated heterocycles. The topological polar surface area (TPSA) is 47.6 Å². The molecule has 0 bridgehead atoms. The van der Waals surface area contributed by atoms with Gasteiger partial charge in [0, 0.05) is 11.3 Å². The van der Waals surface area contributed by atoms with E-state index in [0.717, 1.165) is 22.4 Å². The summed E-state index contributed by atoms with van der Waals surface area (Å²) in [6.07, 6.45) is 0. The van der Waals surface area contributed by atoms with Crippen LogP contribution in [-0.2, 0) is 0 Å². The average molecular weight is 347 g/mol. The van der Waals surface area contributed by atoms with Crippen LogP contribution in [0.3, 0.4) is 0 Å². The van der Waals surface area contributed by atoms with Crippen molar-refractivity contribution in [3.05, 3.63) is 77.9 Å². The summed E-state index contributed by atoms with van der Waals surface area (Å²) in [4.78, 5) is 13.0. The van der Waals surface area contributed by atoms with Crippen LogP contribution < -0.4 is 14.8 Å². The molecule has 0 saturated carbocycles. The number of carbonyl (C=O) groups is 1. The lowest BCUT2D eigenvalue weighted by atomic mass is 10.0. The van der Waals surface area contributed by atoms with E-state index in [4.69, 9.17) is 9.47 Å². The Bertz CT molecular complexity index is 898. The highest BCUT2D eigenvalue weighted by molar-refractivity contribution is 6.09. The van der Waals surface area contributed by atoms with Crippen molar-refractivity contribution in [1.29, 1.82) is 0 Å². The highest BCUT2D eigenvalue weighted by Crippen LogP contribution is 2.32. The monoisotopic (exact) mass is 347 g/mol. The minimum Gasteiger partial charge on any atom is -0.496 e. The van der Waals surface area contributed by atoms with E-state index >= 15 is 0 Å². The standard InChI is InChI=1S/C22H21NO3/c1-15-12-13-18(17(14-15)16-8-5-4-6-9-16)23-22(24)21-19(25-2)10-7-11-20(21)26-3/h4-14H,1-3H3,(H,23,24). The summed E-state index contributed by atoms with van der Waals surface area (Å²) in [6, 6.07) is 21.2. The van der Waals surface area contributed by atoms with Crippen molar-refractivity contribution >= 4 is 11.6 Å². The maximum Gasteiger partial charge on any atom is 0.263 e. The van der Waals surface area contributed by atoms with Gasteiger partial charge in [-0.15, -0.1) is 0 Å². The van der Waals surface area contributed by atoms with E-state index < -0.39 is 0 Å². The molecule has 0 aliphatic carbocycles. The third-order valence-corrected chi connectivity index (χ3v) is 4.16. The predicted octanol–water partition coefficient (Wildman–Crippen LogP) is 4.93. The van der Waals surface area contributed by atoms with Crippen molar-refractivity contribution in [1.82, 2.24) is 0 Å². The smallest absolute Gasteiger partial charge is 0.263 e. The molecule has 3 aromatic carbocycles. The molecule has 0 aliphatic rings. The molecule has 0 spiro atoms. The van der Waals surface area contributed by atoms with Crippen LogP contribution in [0.2, 0.25) is 0 Å². The molecular formula is C22H21NO3. The third kappa shape index (κ3) is 3.54. The fourth-order valence-corrected chi connectivity index (χ4v) is 2.88. The van der Waals surface area contributed by atoms with Gasteiger partial charge in [0.15, 0.2) is 0 Å². The highest BCUT2D eigenvalue weighted by atomic mass is 16.5. The molecule has 1 N–H and O–H groups in total. The van der Waals surface area contributed by atoms with E-state index in [9.17, 15) is 4.79 Å². The molecule has 4 nitrogen and oxygen atoms in total. The number of hydrogen-bond donors (Lipinski definition) is 1. The quantitative estimate of drug-likeness (QED) is 0.712. The van der Waals surface area contributed by atoms with Gasteiger partial charge in [0.25, 0.3) is 5.91 Å². The number of carbonyl (C=O) groups excluding carboxylic acids is 1. The Morgan fingerprint density at radius 2 is 1.50 bits per heavy atom. The second-order valence-electron chi connectivity index (χ2n) is 5.91. The Morgan fingerprint density at radius 3 is 2.12 bits per heavy atom. The highest BCUT2D eigenvalue weighted by Gasteiger charge is 2.19. The van der Waals surface area contributed by atoms with Crippen LogP contribution in [0, 0.1) is 6.92 Å². The minimum absolute atomic E-state index is 0.277. The first-order chi connectivity index (χ1) is 12.6. The number of benzene rings is 3. The van der Waals surface area contributed by atoms with Crippen molar-refractivity contribution in [2.45, 2.75) is 6.92 Å². The van der Waals surface area contributed by atoms with Gasteiger partial charge in [0.05, 0.1) is 14.2 Å². The number of aryl methyl sites for hydroxylation is 1. The first-order valence-corrected chi connectivity index (χ1v) is 8.32. The minimum atomic E-state index is -0.277. The third-order valence-electron chi connectivity index (χ3n) is 4.16. The predicted molar refractivity (Wildman–Crippen MR) is 104 cm³/mol. The number of amides is 1. The fourth-order valence-electron chi connectivity index (χ4n) is 2.88. The summed E-state index contributed by atoms with van der Waals surface area (Å²) < 4.78 is 10.7. The molecular weight excluding hydrogens is 326 g/mol. The van der Waals surface area contributed by atoms with Crippen molar-refractivity contribution in [2.24, 2.45) is 0 Å².